The SMILES string of the molecule is Cc1ccc(S(=O)(=O)N(CC(=O)N(Cc2ccc(Cl)cc2Cl)[C@H](C)C(=O)NC2CCCC2)c2cc(C)cc(C)c2)cc1. The summed E-state index contributed by atoms with van der Waals surface area (Å²) in [5, 5.41) is 3.86. The van der Waals surface area contributed by atoms with Gasteiger partial charge in [0.2, 0.25) is 11.8 Å². The zero-order chi connectivity index (χ0) is 30.6. The Morgan fingerprint density at radius 3 is 2.12 bits per heavy atom. The fourth-order valence-electron chi connectivity index (χ4n) is 5.27. The zero-order valence-corrected chi connectivity index (χ0v) is 26.7. The number of rotatable bonds is 10. The van der Waals surface area contributed by atoms with Crippen LogP contribution in [0.2, 0.25) is 10.0 Å². The fourth-order valence-corrected chi connectivity index (χ4v) is 7.13. The number of halogens is 2. The van der Waals surface area contributed by atoms with Crippen LogP contribution in [-0.2, 0) is 26.2 Å². The average Bonchev–Trinajstić information content (AvgIpc) is 3.43. The van der Waals surface area contributed by atoms with Gasteiger partial charge in [0.15, 0.2) is 0 Å². The van der Waals surface area contributed by atoms with Crippen LogP contribution in [0.5, 0.6) is 0 Å². The number of nitrogens with one attached hydrogen (secondary N) is 1. The molecule has 0 aromatic heterocycles. The van der Waals surface area contributed by atoms with Crippen LogP contribution in [0.1, 0.15) is 54.9 Å². The third-order valence-electron chi connectivity index (χ3n) is 7.61. The van der Waals surface area contributed by atoms with Crippen LogP contribution in [0.3, 0.4) is 0 Å². The van der Waals surface area contributed by atoms with Crippen molar-refractivity contribution in [1.82, 2.24) is 10.2 Å². The molecule has 0 spiro atoms. The smallest absolute Gasteiger partial charge is 0.264 e. The number of carbonyl (C=O) groups excluding carboxylic acids is 2. The number of aryl methyl sites for hydroxylation is 3. The maximum atomic E-state index is 14.2. The lowest BCUT2D eigenvalue weighted by atomic mass is 10.1. The molecular formula is C32H37Cl2N3O4S. The summed E-state index contributed by atoms with van der Waals surface area (Å²) < 4.78 is 29.2. The maximum absolute atomic E-state index is 14.2. The van der Waals surface area contributed by atoms with Crippen molar-refractivity contribution in [2.75, 3.05) is 10.8 Å². The van der Waals surface area contributed by atoms with Crippen molar-refractivity contribution in [1.29, 1.82) is 0 Å². The lowest BCUT2D eigenvalue weighted by Gasteiger charge is -2.33. The summed E-state index contributed by atoms with van der Waals surface area (Å²) in [4.78, 5) is 29.0. The molecule has 1 fully saturated rings. The Hall–Kier alpha value is -3.07. The van der Waals surface area contributed by atoms with Gasteiger partial charge in [-0.15, -0.1) is 0 Å². The minimum absolute atomic E-state index is 0.000641. The van der Waals surface area contributed by atoms with Gasteiger partial charge in [-0.25, -0.2) is 8.42 Å². The van der Waals surface area contributed by atoms with Gasteiger partial charge in [0.05, 0.1) is 10.6 Å². The Bertz CT molecular complexity index is 1530. The minimum atomic E-state index is -4.14. The van der Waals surface area contributed by atoms with E-state index >= 15 is 0 Å². The molecule has 0 radical (unpaired) electrons. The van der Waals surface area contributed by atoms with E-state index in [0.717, 1.165) is 46.7 Å². The van der Waals surface area contributed by atoms with E-state index in [2.05, 4.69) is 5.32 Å². The Morgan fingerprint density at radius 2 is 1.52 bits per heavy atom. The highest BCUT2D eigenvalue weighted by molar-refractivity contribution is 7.92. The van der Waals surface area contributed by atoms with Crippen molar-refractivity contribution in [3.8, 4) is 0 Å². The van der Waals surface area contributed by atoms with Crippen LogP contribution >= 0.6 is 23.2 Å². The molecule has 0 aliphatic heterocycles. The van der Waals surface area contributed by atoms with Crippen LogP contribution < -0.4 is 9.62 Å². The molecule has 1 saturated carbocycles. The number of amides is 2. The largest absolute Gasteiger partial charge is 0.352 e. The summed E-state index contributed by atoms with van der Waals surface area (Å²) in [5.74, 6) is -0.829. The highest BCUT2D eigenvalue weighted by atomic mass is 35.5. The monoisotopic (exact) mass is 629 g/mol. The summed E-state index contributed by atoms with van der Waals surface area (Å²) >= 11 is 12.6. The Labute approximate surface area is 258 Å². The molecule has 3 aromatic carbocycles. The van der Waals surface area contributed by atoms with Gasteiger partial charge in [0.1, 0.15) is 12.6 Å². The lowest BCUT2D eigenvalue weighted by Crippen LogP contribution is -2.52. The van der Waals surface area contributed by atoms with Crippen molar-refractivity contribution >= 4 is 50.7 Å². The first kappa shape index (κ1) is 31.9. The van der Waals surface area contributed by atoms with Gasteiger partial charge in [-0.3, -0.25) is 13.9 Å². The van der Waals surface area contributed by atoms with Crippen LogP contribution in [0.15, 0.2) is 65.6 Å². The van der Waals surface area contributed by atoms with Crippen LogP contribution in [0.4, 0.5) is 5.69 Å². The van der Waals surface area contributed by atoms with Gasteiger partial charge in [0, 0.05) is 22.6 Å². The Kier molecular flexibility index (Phi) is 10.2. The molecule has 1 atom stereocenters. The molecule has 0 bridgehead atoms. The van der Waals surface area contributed by atoms with E-state index in [1.54, 1.807) is 49.4 Å². The molecule has 42 heavy (non-hydrogen) atoms. The van der Waals surface area contributed by atoms with Crippen molar-refractivity contribution in [3.05, 3.63) is 93.0 Å². The van der Waals surface area contributed by atoms with E-state index in [1.165, 1.54) is 17.0 Å². The van der Waals surface area contributed by atoms with Gasteiger partial charge >= 0.3 is 0 Å². The molecular weight excluding hydrogens is 593 g/mol. The first-order chi connectivity index (χ1) is 19.8. The molecule has 224 valence electrons. The predicted octanol–water partition coefficient (Wildman–Crippen LogP) is 6.59. The molecule has 1 aliphatic rings. The highest BCUT2D eigenvalue weighted by Gasteiger charge is 2.33. The van der Waals surface area contributed by atoms with Gasteiger partial charge in [-0.05, 0) is 93.6 Å². The van der Waals surface area contributed by atoms with E-state index in [1.807, 2.05) is 26.8 Å². The standard InChI is InChI=1S/C32H37Cl2N3O4S/c1-21-9-13-29(14-10-21)42(40,41)37(28-16-22(2)15-23(3)17-28)20-31(38)36(19-25-11-12-26(33)18-30(25)34)24(4)32(39)35-27-7-5-6-8-27/h9-18,24,27H,5-8,19-20H2,1-4H3,(H,35,39)/t24-/m1/s1. The van der Waals surface area contributed by atoms with E-state index in [0.29, 0.717) is 21.3 Å². The molecule has 1 N–H and O–H groups in total. The van der Waals surface area contributed by atoms with Crippen LogP contribution in [0.25, 0.3) is 0 Å². The van der Waals surface area contributed by atoms with E-state index in [4.69, 9.17) is 23.2 Å². The van der Waals surface area contributed by atoms with Crippen molar-refractivity contribution in [2.24, 2.45) is 0 Å². The lowest BCUT2D eigenvalue weighted by molar-refractivity contribution is -0.139. The van der Waals surface area contributed by atoms with Gasteiger partial charge in [0.25, 0.3) is 10.0 Å². The van der Waals surface area contributed by atoms with Crippen molar-refractivity contribution < 1.29 is 18.0 Å². The summed E-state index contributed by atoms with van der Waals surface area (Å²) in [6, 6.07) is 16.1. The molecule has 0 heterocycles. The number of sulfonamides is 1. The molecule has 0 unspecified atom stereocenters. The van der Waals surface area contributed by atoms with Gasteiger partial charge in [-0.1, -0.05) is 65.9 Å². The molecule has 0 saturated heterocycles. The van der Waals surface area contributed by atoms with E-state index in [-0.39, 0.29) is 23.4 Å². The van der Waals surface area contributed by atoms with E-state index < -0.39 is 28.5 Å². The second kappa shape index (κ2) is 13.5. The number of nitrogens with zero attached hydrogens (tertiary/aromatic N) is 2. The Balaban J connectivity index is 1.73. The fraction of sp³-hybridized carbons (Fsp3) is 0.375. The second-order valence-corrected chi connectivity index (χ2v) is 13.8. The molecule has 7 nitrogen and oxygen atoms in total. The summed E-state index contributed by atoms with van der Waals surface area (Å²) in [6.45, 7) is 6.77. The third kappa shape index (κ3) is 7.65. The molecule has 2 amide bonds. The van der Waals surface area contributed by atoms with E-state index in [9.17, 15) is 18.0 Å². The second-order valence-electron chi connectivity index (χ2n) is 11.1. The first-order valence-electron chi connectivity index (χ1n) is 14.1. The van der Waals surface area contributed by atoms with Crippen LogP contribution in [0, 0.1) is 20.8 Å². The number of carbonyl (C=O) groups is 2. The van der Waals surface area contributed by atoms with Crippen LogP contribution in [-0.4, -0.2) is 43.8 Å². The zero-order valence-electron chi connectivity index (χ0n) is 24.4. The molecule has 4 rings (SSSR count). The van der Waals surface area contributed by atoms with Crippen molar-refractivity contribution in [3.63, 3.8) is 0 Å². The van der Waals surface area contributed by atoms with Gasteiger partial charge in [-0.2, -0.15) is 0 Å². The number of hydrogen-bond acceptors (Lipinski definition) is 4. The van der Waals surface area contributed by atoms with Crippen molar-refractivity contribution in [2.45, 2.75) is 76.9 Å². The highest BCUT2D eigenvalue weighted by Crippen LogP contribution is 2.28. The topological polar surface area (TPSA) is 86.8 Å². The summed E-state index contributed by atoms with van der Waals surface area (Å²) in [6.07, 6.45) is 3.88. The predicted molar refractivity (Wildman–Crippen MR) is 168 cm³/mol. The quantitative estimate of drug-likeness (QED) is 0.274. The maximum Gasteiger partial charge on any atom is 0.264 e. The number of anilines is 1. The van der Waals surface area contributed by atoms with Gasteiger partial charge < -0.3 is 10.2 Å². The first-order valence-corrected chi connectivity index (χ1v) is 16.3. The third-order valence-corrected chi connectivity index (χ3v) is 9.98. The minimum Gasteiger partial charge on any atom is -0.352 e. The average molecular weight is 631 g/mol. The summed E-state index contributed by atoms with van der Waals surface area (Å²) in [5.41, 5.74) is 3.59. The number of benzene rings is 3. The normalized spacial score (nSPS) is 14.4. The summed E-state index contributed by atoms with van der Waals surface area (Å²) in [7, 11) is -4.14. The molecule has 3 aromatic rings. The molecule has 1 aliphatic carbocycles. The number of hydrogen-bond donors (Lipinski definition) is 1. The molecule has 10 heteroatoms. The Morgan fingerprint density at radius 1 is 0.905 bits per heavy atom.